The standard InChI is InChI=1S/C16H25NO4/c1-5-16(3,4)13(18)14(19)17-11-8-7-10(9-11)12(17)15(20)21-6-2/h10-12H,5-9H2,1-4H3. The molecular formula is C16H25NO4. The van der Waals surface area contributed by atoms with Gasteiger partial charge in [-0.15, -0.1) is 0 Å². The minimum absolute atomic E-state index is 0.0218. The first-order chi connectivity index (χ1) is 9.83. The molecule has 0 aromatic carbocycles. The lowest BCUT2D eigenvalue weighted by Gasteiger charge is -2.35. The zero-order valence-corrected chi connectivity index (χ0v) is 13.3. The third-order valence-electron chi connectivity index (χ3n) is 5.04. The zero-order chi connectivity index (χ0) is 15.8. The van der Waals surface area contributed by atoms with E-state index >= 15 is 0 Å². The molecule has 1 amide bonds. The number of ketones is 1. The van der Waals surface area contributed by atoms with Crippen LogP contribution in [-0.2, 0) is 19.1 Å². The number of hydrogen-bond acceptors (Lipinski definition) is 4. The summed E-state index contributed by atoms with van der Waals surface area (Å²) in [7, 11) is 0. The van der Waals surface area contributed by atoms with Crippen molar-refractivity contribution in [1.29, 1.82) is 0 Å². The van der Waals surface area contributed by atoms with Crippen LogP contribution in [0.4, 0.5) is 0 Å². The first-order valence-corrected chi connectivity index (χ1v) is 7.87. The van der Waals surface area contributed by atoms with Crippen LogP contribution in [0.25, 0.3) is 0 Å². The van der Waals surface area contributed by atoms with Gasteiger partial charge in [-0.2, -0.15) is 0 Å². The van der Waals surface area contributed by atoms with Gasteiger partial charge in [0.2, 0.25) is 5.78 Å². The van der Waals surface area contributed by atoms with Crippen molar-refractivity contribution in [2.45, 2.75) is 65.5 Å². The van der Waals surface area contributed by atoms with Crippen LogP contribution >= 0.6 is 0 Å². The van der Waals surface area contributed by atoms with Gasteiger partial charge in [0.1, 0.15) is 6.04 Å². The van der Waals surface area contributed by atoms with Gasteiger partial charge in [0.15, 0.2) is 0 Å². The Bertz CT molecular complexity index is 457. The number of rotatable bonds is 5. The molecule has 1 saturated heterocycles. The van der Waals surface area contributed by atoms with E-state index in [2.05, 4.69) is 0 Å². The number of carbonyl (C=O) groups is 3. The summed E-state index contributed by atoms with van der Waals surface area (Å²) in [5, 5.41) is 0. The molecule has 1 saturated carbocycles. The number of amides is 1. The van der Waals surface area contributed by atoms with Crippen molar-refractivity contribution in [3.8, 4) is 0 Å². The molecule has 0 radical (unpaired) electrons. The maximum Gasteiger partial charge on any atom is 0.329 e. The lowest BCUT2D eigenvalue weighted by molar-refractivity contribution is -0.161. The summed E-state index contributed by atoms with van der Waals surface area (Å²) in [4.78, 5) is 38.8. The van der Waals surface area contributed by atoms with Crippen LogP contribution in [-0.4, -0.2) is 41.3 Å². The van der Waals surface area contributed by atoms with Gasteiger partial charge in [0, 0.05) is 11.5 Å². The maximum absolute atomic E-state index is 12.6. The van der Waals surface area contributed by atoms with Gasteiger partial charge in [0.25, 0.3) is 5.91 Å². The molecule has 1 aliphatic carbocycles. The van der Waals surface area contributed by atoms with E-state index in [-0.39, 0.29) is 17.9 Å². The van der Waals surface area contributed by atoms with Crippen molar-refractivity contribution in [1.82, 2.24) is 4.90 Å². The van der Waals surface area contributed by atoms with Crippen LogP contribution in [0.1, 0.15) is 53.4 Å². The fourth-order valence-corrected chi connectivity index (χ4v) is 3.38. The molecule has 5 nitrogen and oxygen atoms in total. The average molecular weight is 295 g/mol. The van der Waals surface area contributed by atoms with E-state index in [0.717, 1.165) is 19.3 Å². The van der Waals surface area contributed by atoms with E-state index in [1.54, 1.807) is 20.8 Å². The Morgan fingerprint density at radius 2 is 1.86 bits per heavy atom. The van der Waals surface area contributed by atoms with Crippen molar-refractivity contribution in [2.24, 2.45) is 11.3 Å². The van der Waals surface area contributed by atoms with Crippen LogP contribution in [0.5, 0.6) is 0 Å². The SMILES string of the molecule is CCOC(=O)C1C2CCC(C2)N1C(=O)C(=O)C(C)(C)CC. The molecule has 21 heavy (non-hydrogen) atoms. The second-order valence-electron chi connectivity index (χ2n) is 6.70. The highest BCUT2D eigenvalue weighted by molar-refractivity contribution is 6.38. The molecule has 2 fully saturated rings. The van der Waals surface area contributed by atoms with Crippen LogP contribution in [0.2, 0.25) is 0 Å². The Labute approximate surface area is 126 Å². The predicted molar refractivity (Wildman–Crippen MR) is 77.5 cm³/mol. The van der Waals surface area contributed by atoms with Gasteiger partial charge in [0.05, 0.1) is 6.61 Å². The highest BCUT2D eigenvalue weighted by Gasteiger charge is 2.54. The summed E-state index contributed by atoms with van der Waals surface area (Å²) in [6, 6.07) is -0.540. The molecule has 2 bridgehead atoms. The molecule has 5 heteroatoms. The second-order valence-corrected chi connectivity index (χ2v) is 6.70. The van der Waals surface area contributed by atoms with E-state index in [4.69, 9.17) is 4.74 Å². The smallest absolute Gasteiger partial charge is 0.329 e. The largest absolute Gasteiger partial charge is 0.464 e. The summed E-state index contributed by atoms with van der Waals surface area (Å²) < 4.78 is 5.11. The van der Waals surface area contributed by atoms with E-state index < -0.39 is 23.1 Å². The normalized spacial score (nSPS) is 27.8. The average Bonchev–Trinajstić information content (AvgIpc) is 3.06. The minimum atomic E-state index is -0.682. The number of esters is 1. The molecule has 0 aromatic rings. The number of Topliss-reactive ketones (excluding diaryl/α,β-unsaturated/α-hetero) is 1. The predicted octanol–water partition coefficient (Wildman–Crippen LogP) is 1.93. The van der Waals surface area contributed by atoms with E-state index in [0.29, 0.717) is 13.0 Å². The molecule has 0 aromatic heterocycles. The maximum atomic E-state index is 12.6. The Morgan fingerprint density at radius 3 is 2.43 bits per heavy atom. The van der Waals surface area contributed by atoms with Gasteiger partial charge < -0.3 is 9.64 Å². The number of hydrogen-bond donors (Lipinski definition) is 0. The molecule has 2 aliphatic rings. The topological polar surface area (TPSA) is 63.7 Å². The third-order valence-corrected chi connectivity index (χ3v) is 5.04. The van der Waals surface area contributed by atoms with E-state index in [9.17, 15) is 14.4 Å². The highest BCUT2D eigenvalue weighted by Crippen LogP contribution is 2.43. The summed E-state index contributed by atoms with van der Waals surface area (Å²) in [5.41, 5.74) is -0.682. The van der Waals surface area contributed by atoms with Crippen LogP contribution in [0.3, 0.4) is 0 Å². The number of ether oxygens (including phenoxy) is 1. The number of nitrogens with zero attached hydrogens (tertiary/aromatic N) is 1. The summed E-state index contributed by atoms with van der Waals surface area (Å²) >= 11 is 0. The quantitative estimate of drug-likeness (QED) is 0.574. The highest BCUT2D eigenvalue weighted by atomic mass is 16.5. The Kier molecular flexibility index (Phi) is 4.40. The molecule has 0 N–H and O–H groups in total. The van der Waals surface area contributed by atoms with Crippen LogP contribution in [0.15, 0.2) is 0 Å². The number of piperidine rings is 1. The zero-order valence-electron chi connectivity index (χ0n) is 13.3. The van der Waals surface area contributed by atoms with Gasteiger partial charge in [-0.1, -0.05) is 20.8 Å². The first-order valence-electron chi connectivity index (χ1n) is 7.87. The molecule has 3 unspecified atom stereocenters. The van der Waals surface area contributed by atoms with Crippen molar-refractivity contribution >= 4 is 17.7 Å². The molecular weight excluding hydrogens is 270 g/mol. The molecule has 2 rings (SSSR count). The van der Waals surface area contributed by atoms with Gasteiger partial charge in [-0.3, -0.25) is 9.59 Å². The van der Waals surface area contributed by atoms with Crippen LogP contribution in [0, 0.1) is 11.3 Å². The fourth-order valence-electron chi connectivity index (χ4n) is 3.38. The van der Waals surface area contributed by atoms with Gasteiger partial charge in [-0.05, 0) is 38.5 Å². The van der Waals surface area contributed by atoms with Crippen molar-refractivity contribution < 1.29 is 19.1 Å². The summed E-state index contributed by atoms with van der Waals surface area (Å²) in [5.74, 6) is -1.12. The minimum Gasteiger partial charge on any atom is -0.464 e. The van der Waals surface area contributed by atoms with Crippen LogP contribution < -0.4 is 0 Å². The van der Waals surface area contributed by atoms with E-state index in [1.165, 1.54) is 4.90 Å². The van der Waals surface area contributed by atoms with E-state index in [1.807, 2.05) is 6.92 Å². The lowest BCUT2D eigenvalue weighted by Crippen LogP contribution is -2.53. The molecule has 3 atom stereocenters. The van der Waals surface area contributed by atoms with Gasteiger partial charge in [-0.25, -0.2) is 4.79 Å². The molecule has 0 spiro atoms. The monoisotopic (exact) mass is 295 g/mol. The Hall–Kier alpha value is -1.39. The fraction of sp³-hybridized carbons (Fsp3) is 0.812. The molecule has 1 aliphatic heterocycles. The number of carbonyl (C=O) groups excluding carboxylic acids is 3. The Balaban J connectivity index is 2.22. The van der Waals surface area contributed by atoms with Crippen molar-refractivity contribution in [2.75, 3.05) is 6.61 Å². The summed E-state index contributed by atoms with van der Waals surface area (Å²) in [6.45, 7) is 7.50. The first kappa shape index (κ1) is 16.0. The second kappa shape index (κ2) is 5.78. The summed E-state index contributed by atoms with van der Waals surface area (Å²) in [6.07, 6.45) is 3.23. The molecule has 118 valence electrons. The van der Waals surface area contributed by atoms with Crippen molar-refractivity contribution in [3.63, 3.8) is 0 Å². The van der Waals surface area contributed by atoms with Gasteiger partial charge >= 0.3 is 5.97 Å². The lowest BCUT2D eigenvalue weighted by atomic mass is 9.84. The molecule has 1 heterocycles. The van der Waals surface area contributed by atoms with Crippen molar-refractivity contribution in [3.05, 3.63) is 0 Å². The number of fused-ring (bicyclic) bond motifs is 2. The Morgan fingerprint density at radius 1 is 1.19 bits per heavy atom. The third kappa shape index (κ3) is 2.70. The number of likely N-dealkylation sites (tertiary alicyclic amines) is 1.